The Morgan fingerprint density at radius 1 is 1.50 bits per heavy atom. The van der Waals surface area contributed by atoms with Crippen LogP contribution >= 0.6 is 11.8 Å². The largest absolute Gasteiger partial charge is 0.342 e. The summed E-state index contributed by atoms with van der Waals surface area (Å²) in [6.07, 6.45) is 3.08. The molecule has 0 spiro atoms. The van der Waals surface area contributed by atoms with Crippen molar-refractivity contribution in [3.63, 3.8) is 0 Å². The smallest absolute Gasteiger partial charge is 0.233 e. The molecule has 100 valence electrons. The van der Waals surface area contributed by atoms with Crippen LogP contribution in [0.25, 0.3) is 0 Å². The number of likely N-dealkylation sites (tertiary alicyclic amines) is 1. The highest BCUT2D eigenvalue weighted by atomic mass is 32.2. The number of hydrogen-bond acceptors (Lipinski definition) is 4. The highest BCUT2D eigenvalue weighted by Gasteiger charge is 2.20. The second kappa shape index (κ2) is 6.22. The number of nitrogens with one attached hydrogen (secondary N) is 1. The Bertz CT molecular complexity index is 399. The van der Waals surface area contributed by atoms with E-state index in [1.165, 1.54) is 11.8 Å². The number of carbonyl (C=O) groups is 1. The third-order valence-corrected chi connectivity index (χ3v) is 4.14. The topological polar surface area (TPSA) is 61.9 Å². The van der Waals surface area contributed by atoms with E-state index >= 15 is 0 Å². The van der Waals surface area contributed by atoms with Crippen molar-refractivity contribution in [1.29, 1.82) is 0 Å². The van der Waals surface area contributed by atoms with Crippen LogP contribution in [0.5, 0.6) is 0 Å². The molecule has 1 aromatic rings. The van der Waals surface area contributed by atoms with Gasteiger partial charge in [0.25, 0.3) is 0 Å². The van der Waals surface area contributed by atoms with Crippen LogP contribution in [0.4, 0.5) is 0 Å². The lowest BCUT2D eigenvalue weighted by Gasteiger charge is -2.30. The van der Waals surface area contributed by atoms with Gasteiger partial charge in [-0.1, -0.05) is 25.6 Å². The van der Waals surface area contributed by atoms with Crippen LogP contribution in [0.15, 0.2) is 5.16 Å². The molecule has 1 fully saturated rings. The van der Waals surface area contributed by atoms with Gasteiger partial charge in [0.2, 0.25) is 11.1 Å². The molecule has 0 atom stereocenters. The van der Waals surface area contributed by atoms with E-state index < -0.39 is 0 Å². The first-order valence-electron chi connectivity index (χ1n) is 6.51. The quantitative estimate of drug-likeness (QED) is 0.845. The molecule has 2 rings (SSSR count). The number of nitrogens with zero attached hydrogens (tertiary/aromatic N) is 3. The van der Waals surface area contributed by atoms with Crippen LogP contribution in [-0.4, -0.2) is 44.8 Å². The number of amides is 1. The monoisotopic (exact) mass is 268 g/mol. The van der Waals surface area contributed by atoms with Crippen LogP contribution in [-0.2, 0) is 11.2 Å². The Labute approximate surface area is 112 Å². The Hall–Kier alpha value is -1.04. The van der Waals surface area contributed by atoms with Crippen LogP contribution < -0.4 is 0 Å². The van der Waals surface area contributed by atoms with Crippen LogP contribution in [0.2, 0.25) is 0 Å². The van der Waals surface area contributed by atoms with Gasteiger partial charge < -0.3 is 4.90 Å². The molecule has 0 unspecified atom stereocenters. The van der Waals surface area contributed by atoms with Gasteiger partial charge in [0.05, 0.1) is 5.75 Å². The summed E-state index contributed by atoms with van der Waals surface area (Å²) in [4.78, 5) is 18.2. The van der Waals surface area contributed by atoms with E-state index in [1.54, 1.807) is 0 Å². The zero-order valence-corrected chi connectivity index (χ0v) is 11.8. The lowest BCUT2D eigenvalue weighted by molar-refractivity contribution is -0.129. The molecule has 0 bridgehead atoms. The number of piperidine rings is 1. The first-order valence-corrected chi connectivity index (χ1v) is 7.49. The first-order chi connectivity index (χ1) is 8.69. The Kier molecular flexibility index (Phi) is 4.63. The summed E-state index contributed by atoms with van der Waals surface area (Å²) < 4.78 is 0. The maximum atomic E-state index is 12.0. The van der Waals surface area contributed by atoms with Gasteiger partial charge in [-0.05, 0) is 18.8 Å². The van der Waals surface area contributed by atoms with E-state index in [1.807, 2.05) is 11.8 Å². The minimum absolute atomic E-state index is 0.203. The standard InChI is InChI=1S/C12H20N4OS/c1-3-10-13-12(15-14-10)18-8-11(17)16-6-4-9(2)5-7-16/h9H,3-8H2,1-2H3,(H,13,14,15). The Balaban J connectivity index is 1.77. The number of carbonyl (C=O) groups excluding carboxylic acids is 1. The van der Waals surface area contributed by atoms with Crippen molar-refractivity contribution in [2.75, 3.05) is 18.8 Å². The number of H-pyrrole nitrogens is 1. The number of aromatic amines is 1. The molecule has 2 heterocycles. The summed E-state index contributed by atoms with van der Waals surface area (Å²) in [5.41, 5.74) is 0. The van der Waals surface area contributed by atoms with E-state index in [-0.39, 0.29) is 5.91 Å². The zero-order chi connectivity index (χ0) is 13.0. The summed E-state index contributed by atoms with van der Waals surface area (Å²) >= 11 is 1.41. The van der Waals surface area contributed by atoms with Gasteiger partial charge in [0, 0.05) is 19.5 Å². The third-order valence-electron chi connectivity index (χ3n) is 3.31. The maximum absolute atomic E-state index is 12.0. The molecule has 0 radical (unpaired) electrons. The molecule has 1 aliphatic rings. The predicted octanol–water partition coefficient (Wildman–Crippen LogP) is 1.72. The Morgan fingerprint density at radius 2 is 2.22 bits per heavy atom. The van der Waals surface area contributed by atoms with E-state index in [4.69, 9.17) is 0 Å². The molecule has 1 N–H and O–H groups in total. The minimum Gasteiger partial charge on any atom is -0.342 e. The van der Waals surface area contributed by atoms with Gasteiger partial charge in [-0.25, -0.2) is 4.98 Å². The van der Waals surface area contributed by atoms with Crippen molar-refractivity contribution in [2.24, 2.45) is 5.92 Å². The van der Waals surface area contributed by atoms with Crippen molar-refractivity contribution in [2.45, 2.75) is 38.3 Å². The van der Waals surface area contributed by atoms with Crippen molar-refractivity contribution < 1.29 is 4.79 Å². The van der Waals surface area contributed by atoms with Crippen LogP contribution in [0.1, 0.15) is 32.5 Å². The second-order valence-corrected chi connectivity index (χ2v) is 5.71. The number of hydrogen-bond donors (Lipinski definition) is 1. The molecule has 18 heavy (non-hydrogen) atoms. The molecule has 1 amide bonds. The molecule has 5 nitrogen and oxygen atoms in total. The molecule has 1 aliphatic heterocycles. The van der Waals surface area contributed by atoms with Gasteiger partial charge in [-0.2, -0.15) is 0 Å². The van der Waals surface area contributed by atoms with E-state index in [9.17, 15) is 4.79 Å². The van der Waals surface area contributed by atoms with Gasteiger partial charge >= 0.3 is 0 Å². The average Bonchev–Trinajstić information content (AvgIpc) is 2.85. The molecule has 1 aromatic heterocycles. The molecule has 0 aliphatic carbocycles. The number of rotatable bonds is 4. The molecule has 0 saturated carbocycles. The predicted molar refractivity (Wildman–Crippen MR) is 71.5 cm³/mol. The van der Waals surface area contributed by atoms with Gasteiger partial charge in [-0.3, -0.25) is 9.89 Å². The summed E-state index contributed by atoms with van der Waals surface area (Å²) in [7, 11) is 0. The fourth-order valence-corrected chi connectivity index (χ4v) is 2.70. The second-order valence-electron chi connectivity index (χ2n) is 4.77. The molecule has 1 saturated heterocycles. The van der Waals surface area contributed by atoms with Gasteiger partial charge in [0.1, 0.15) is 5.82 Å². The average molecular weight is 268 g/mol. The minimum atomic E-state index is 0.203. The SMILES string of the molecule is CCc1nc(SCC(=O)N2CCC(C)CC2)n[nH]1. The van der Waals surface area contributed by atoms with E-state index in [0.29, 0.717) is 10.9 Å². The van der Waals surface area contributed by atoms with E-state index in [2.05, 4.69) is 22.1 Å². The number of aromatic nitrogens is 3. The summed E-state index contributed by atoms with van der Waals surface area (Å²) in [5.74, 6) is 2.27. The summed E-state index contributed by atoms with van der Waals surface area (Å²) in [6.45, 7) is 6.06. The molecule has 0 aromatic carbocycles. The van der Waals surface area contributed by atoms with Crippen molar-refractivity contribution in [3.05, 3.63) is 5.82 Å². The maximum Gasteiger partial charge on any atom is 0.233 e. The van der Waals surface area contributed by atoms with E-state index in [0.717, 1.165) is 44.1 Å². The van der Waals surface area contributed by atoms with Gasteiger partial charge in [-0.15, -0.1) is 5.10 Å². The lowest BCUT2D eigenvalue weighted by Crippen LogP contribution is -2.38. The number of thioether (sulfide) groups is 1. The molecule has 6 heteroatoms. The summed E-state index contributed by atoms with van der Waals surface area (Å²) in [6, 6.07) is 0. The molecular weight excluding hydrogens is 248 g/mol. The zero-order valence-electron chi connectivity index (χ0n) is 11.0. The van der Waals surface area contributed by atoms with Crippen LogP contribution in [0.3, 0.4) is 0 Å². The van der Waals surface area contributed by atoms with Crippen molar-refractivity contribution in [3.8, 4) is 0 Å². The lowest BCUT2D eigenvalue weighted by atomic mass is 9.99. The third kappa shape index (κ3) is 3.48. The number of aryl methyl sites for hydroxylation is 1. The Morgan fingerprint density at radius 3 is 2.83 bits per heavy atom. The highest BCUT2D eigenvalue weighted by Crippen LogP contribution is 2.18. The molecular formula is C12H20N4OS. The highest BCUT2D eigenvalue weighted by molar-refractivity contribution is 7.99. The van der Waals surface area contributed by atoms with Crippen molar-refractivity contribution >= 4 is 17.7 Å². The fraction of sp³-hybridized carbons (Fsp3) is 0.750. The summed E-state index contributed by atoms with van der Waals surface area (Å²) in [5, 5.41) is 7.60. The normalized spacial score (nSPS) is 17.1. The van der Waals surface area contributed by atoms with Crippen molar-refractivity contribution in [1.82, 2.24) is 20.1 Å². The first kappa shape index (κ1) is 13.4. The fourth-order valence-electron chi connectivity index (χ4n) is 1.98. The van der Waals surface area contributed by atoms with Crippen LogP contribution in [0, 0.1) is 5.92 Å². The van der Waals surface area contributed by atoms with Gasteiger partial charge in [0.15, 0.2) is 0 Å².